The van der Waals surface area contributed by atoms with Gasteiger partial charge in [0.2, 0.25) is 5.91 Å². The molecular formula is C8H16N2O3S. The Morgan fingerprint density at radius 2 is 2.14 bits per heavy atom. The summed E-state index contributed by atoms with van der Waals surface area (Å²) in [6.07, 6.45) is 0.655. The number of thioether (sulfide) groups is 1. The highest BCUT2D eigenvalue weighted by Crippen LogP contribution is 2.11. The number of rotatable bonds is 5. The van der Waals surface area contributed by atoms with E-state index >= 15 is 0 Å². The molecule has 0 saturated heterocycles. The van der Waals surface area contributed by atoms with E-state index in [-0.39, 0.29) is 17.8 Å². The van der Waals surface area contributed by atoms with E-state index in [0.29, 0.717) is 12.2 Å². The van der Waals surface area contributed by atoms with Gasteiger partial charge in [0.25, 0.3) is 0 Å². The largest absolute Gasteiger partial charge is 0.396 e. The average Bonchev–Trinajstić information content (AvgIpc) is 2.17. The lowest BCUT2D eigenvalue weighted by atomic mass is 10.4. The van der Waals surface area contributed by atoms with E-state index in [1.54, 1.807) is 6.92 Å². The van der Waals surface area contributed by atoms with Crippen LogP contribution in [0.1, 0.15) is 13.3 Å². The van der Waals surface area contributed by atoms with Gasteiger partial charge in [-0.2, -0.15) is 0 Å². The van der Waals surface area contributed by atoms with E-state index in [0.717, 1.165) is 0 Å². The minimum absolute atomic E-state index is 0.122. The molecule has 0 aliphatic rings. The molecule has 0 aromatic carbocycles. The number of amides is 3. The third kappa shape index (κ3) is 5.82. The van der Waals surface area contributed by atoms with Gasteiger partial charge in [0.1, 0.15) is 0 Å². The summed E-state index contributed by atoms with van der Waals surface area (Å²) >= 11 is 1.41. The first kappa shape index (κ1) is 13.2. The number of carbonyl (C=O) groups excluding carboxylic acids is 2. The number of aliphatic hydroxyl groups excluding tert-OH is 1. The van der Waals surface area contributed by atoms with Crippen molar-refractivity contribution in [3.05, 3.63) is 0 Å². The zero-order valence-corrected chi connectivity index (χ0v) is 9.19. The molecule has 0 heterocycles. The number of imide groups is 1. The topological polar surface area (TPSA) is 78.4 Å². The van der Waals surface area contributed by atoms with Crippen molar-refractivity contribution in [3.8, 4) is 0 Å². The maximum atomic E-state index is 11.3. The SMILES string of the molecule is CNC(=O)NC(=O)C(C)SCCCO. The molecule has 82 valence electrons. The lowest BCUT2D eigenvalue weighted by molar-refractivity contribution is -0.119. The summed E-state index contributed by atoms with van der Waals surface area (Å²) in [5, 5.41) is 12.7. The fourth-order valence-corrected chi connectivity index (χ4v) is 1.54. The van der Waals surface area contributed by atoms with Crippen LogP contribution in [0.25, 0.3) is 0 Å². The third-order valence-corrected chi connectivity index (χ3v) is 2.74. The Morgan fingerprint density at radius 3 is 2.64 bits per heavy atom. The summed E-state index contributed by atoms with van der Waals surface area (Å²) in [6, 6.07) is -0.496. The Bertz CT molecular complexity index is 199. The second kappa shape index (κ2) is 7.64. The van der Waals surface area contributed by atoms with E-state index in [1.807, 2.05) is 0 Å². The first-order valence-electron chi connectivity index (χ1n) is 4.36. The molecule has 5 nitrogen and oxygen atoms in total. The minimum Gasteiger partial charge on any atom is -0.396 e. The summed E-state index contributed by atoms with van der Waals surface area (Å²) in [7, 11) is 1.45. The Morgan fingerprint density at radius 1 is 1.50 bits per heavy atom. The molecule has 14 heavy (non-hydrogen) atoms. The highest BCUT2D eigenvalue weighted by molar-refractivity contribution is 8.00. The lowest BCUT2D eigenvalue weighted by Gasteiger charge is -2.09. The molecule has 0 aliphatic carbocycles. The van der Waals surface area contributed by atoms with Crippen molar-refractivity contribution in [3.63, 3.8) is 0 Å². The molecule has 0 aromatic rings. The van der Waals surface area contributed by atoms with Gasteiger partial charge < -0.3 is 10.4 Å². The summed E-state index contributed by atoms with van der Waals surface area (Å²) in [6.45, 7) is 1.84. The summed E-state index contributed by atoms with van der Waals surface area (Å²) in [4.78, 5) is 22.0. The van der Waals surface area contributed by atoms with E-state index in [4.69, 9.17) is 5.11 Å². The third-order valence-electron chi connectivity index (χ3n) is 1.50. The molecule has 0 fully saturated rings. The van der Waals surface area contributed by atoms with Crippen LogP contribution in [0.4, 0.5) is 4.79 Å². The smallest absolute Gasteiger partial charge is 0.321 e. The standard InChI is InChI=1S/C8H16N2O3S/c1-6(14-5-3-4-11)7(12)10-8(13)9-2/h6,11H,3-5H2,1-2H3,(H2,9,10,12,13). The quantitative estimate of drug-likeness (QED) is 0.567. The number of aliphatic hydroxyl groups is 1. The maximum Gasteiger partial charge on any atom is 0.321 e. The minimum atomic E-state index is -0.496. The molecule has 0 rings (SSSR count). The molecule has 3 N–H and O–H groups in total. The predicted molar refractivity (Wildman–Crippen MR) is 56.2 cm³/mol. The van der Waals surface area contributed by atoms with Crippen LogP contribution in [0.5, 0.6) is 0 Å². The van der Waals surface area contributed by atoms with Crippen LogP contribution < -0.4 is 10.6 Å². The van der Waals surface area contributed by atoms with Gasteiger partial charge in [-0.1, -0.05) is 0 Å². The number of hydrogen-bond donors (Lipinski definition) is 3. The number of nitrogens with one attached hydrogen (secondary N) is 2. The monoisotopic (exact) mass is 220 g/mol. The summed E-state index contributed by atoms with van der Waals surface area (Å²) in [5.41, 5.74) is 0. The van der Waals surface area contributed by atoms with Crippen molar-refractivity contribution in [2.45, 2.75) is 18.6 Å². The lowest BCUT2D eigenvalue weighted by Crippen LogP contribution is -2.41. The molecule has 3 amide bonds. The number of carbonyl (C=O) groups is 2. The summed E-state index contributed by atoms with van der Waals surface area (Å²) < 4.78 is 0. The first-order chi connectivity index (χ1) is 6.61. The Labute approximate surface area is 87.6 Å². The molecule has 1 unspecified atom stereocenters. The van der Waals surface area contributed by atoms with Crippen molar-refractivity contribution in [2.24, 2.45) is 0 Å². The number of hydrogen-bond acceptors (Lipinski definition) is 4. The predicted octanol–water partition coefficient (Wildman–Crippen LogP) is -0.0539. The molecule has 0 saturated carbocycles. The van der Waals surface area contributed by atoms with Gasteiger partial charge in [0.15, 0.2) is 0 Å². The highest BCUT2D eigenvalue weighted by atomic mass is 32.2. The molecule has 0 aliphatic heterocycles. The maximum absolute atomic E-state index is 11.3. The van der Waals surface area contributed by atoms with Crippen LogP contribution in [0.15, 0.2) is 0 Å². The number of urea groups is 1. The second-order valence-corrected chi connectivity index (χ2v) is 4.11. The fourth-order valence-electron chi connectivity index (χ4n) is 0.676. The zero-order chi connectivity index (χ0) is 11.0. The molecule has 0 spiro atoms. The Kier molecular flexibility index (Phi) is 7.23. The second-order valence-electron chi connectivity index (χ2n) is 2.66. The average molecular weight is 220 g/mol. The first-order valence-corrected chi connectivity index (χ1v) is 5.41. The molecule has 0 radical (unpaired) electrons. The van der Waals surface area contributed by atoms with Crippen LogP contribution in [0, 0.1) is 0 Å². The van der Waals surface area contributed by atoms with E-state index in [9.17, 15) is 9.59 Å². The van der Waals surface area contributed by atoms with E-state index in [2.05, 4.69) is 10.6 Å². The molecule has 0 aromatic heterocycles. The van der Waals surface area contributed by atoms with E-state index in [1.165, 1.54) is 18.8 Å². The van der Waals surface area contributed by atoms with Crippen LogP contribution >= 0.6 is 11.8 Å². The van der Waals surface area contributed by atoms with Gasteiger partial charge in [0.05, 0.1) is 5.25 Å². The van der Waals surface area contributed by atoms with Crippen molar-refractivity contribution >= 4 is 23.7 Å². The normalized spacial score (nSPS) is 11.9. The van der Waals surface area contributed by atoms with Crippen molar-refractivity contribution in [1.82, 2.24) is 10.6 Å². The van der Waals surface area contributed by atoms with Gasteiger partial charge in [-0.15, -0.1) is 11.8 Å². The molecule has 6 heteroatoms. The van der Waals surface area contributed by atoms with Crippen LogP contribution in [0.3, 0.4) is 0 Å². The van der Waals surface area contributed by atoms with E-state index < -0.39 is 6.03 Å². The van der Waals surface area contributed by atoms with Gasteiger partial charge in [-0.25, -0.2) is 4.79 Å². The van der Waals surface area contributed by atoms with Crippen LogP contribution in [-0.2, 0) is 4.79 Å². The van der Waals surface area contributed by atoms with Gasteiger partial charge in [0, 0.05) is 13.7 Å². The Balaban J connectivity index is 3.70. The van der Waals surface area contributed by atoms with Gasteiger partial charge >= 0.3 is 6.03 Å². The summed E-state index contributed by atoms with van der Waals surface area (Å²) in [5.74, 6) is 0.394. The van der Waals surface area contributed by atoms with Gasteiger partial charge in [-0.3, -0.25) is 10.1 Å². The van der Waals surface area contributed by atoms with Crippen molar-refractivity contribution < 1.29 is 14.7 Å². The fraction of sp³-hybridized carbons (Fsp3) is 0.750. The highest BCUT2D eigenvalue weighted by Gasteiger charge is 2.14. The molecule has 0 bridgehead atoms. The Hall–Kier alpha value is -0.750. The van der Waals surface area contributed by atoms with Crippen LogP contribution in [-0.4, -0.2) is 41.7 Å². The zero-order valence-electron chi connectivity index (χ0n) is 8.37. The molecular weight excluding hydrogens is 204 g/mol. The molecule has 1 atom stereocenters. The van der Waals surface area contributed by atoms with Gasteiger partial charge in [-0.05, 0) is 19.1 Å². The van der Waals surface area contributed by atoms with Crippen molar-refractivity contribution in [1.29, 1.82) is 0 Å². The van der Waals surface area contributed by atoms with Crippen LogP contribution in [0.2, 0.25) is 0 Å². The van der Waals surface area contributed by atoms with Crippen molar-refractivity contribution in [2.75, 3.05) is 19.4 Å².